The third-order valence-corrected chi connectivity index (χ3v) is 4.69. The first-order chi connectivity index (χ1) is 9.80. The lowest BCUT2D eigenvalue weighted by Crippen LogP contribution is -2.22. The van der Waals surface area contributed by atoms with Gasteiger partial charge in [-0.1, -0.05) is 0 Å². The van der Waals surface area contributed by atoms with Crippen LogP contribution >= 0.6 is 0 Å². The van der Waals surface area contributed by atoms with Crippen molar-refractivity contribution in [2.75, 3.05) is 19.4 Å². The van der Waals surface area contributed by atoms with Gasteiger partial charge in [0.25, 0.3) is 0 Å². The standard InChI is InChI=1S/C13H18N4O3S/c1-9-7-15-13(20-9)10(2)16-12-6-5-11(8-14-12)21(18,19)17(3)4/h5-8,10H,1-4H3,(H,14,16). The molecular weight excluding hydrogens is 292 g/mol. The largest absolute Gasteiger partial charge is 0.444 e. The number of pyridine rings is 1. The molecule has 0 spiro atoms. The molecule has 0 fully saturated rings. The zero-order valence-corrected chi connectivity index (χ0v) is 13.2. The summed E-state index contributed by atoms with van der Waals surface area (Å²) in [6.45, 7) is 3.71. The Morgan fingerprint density at radius 3 is 2.43 bits per heavy atom. The number of anilines is 1. The summed E-state index contributed by atoms with van der Waals surface area (Å²) in [6.07, 6.45) is 2.97. The minimum Gasteiger partial charge on any atom is -0.444 e. The minimum atomic E-state index is -3.46. The Kier molecular flexibility index (Phi) is 4.29. The molecule has 7 nitrogen and oxygen atoms in total. The Morgan fingerprint density at radius 2 is 1.95 bits per heavy atom. The molecule has 0 amide bonds. The minimum absolute atomic E-state index is 0.151. The number of oxazole rings is 1. The van der Waals surface area contributed by atoms with Crippen LogP contribution in [0.2, 0.25) is 0 Å². The number of hydrogen-bond donors (Lipinski definition) is 1. The molecule has 0 radical (unpaired) electrons. The molecule has 0 aliphatic carbocycles. The highest BCUT2D eigenvalue weighted by Crippen LogP contribution is 2.19. The Bertz CT molecular complexity index is 707. The quantitative estimate of drug-likeness (QED) is 0.906. The van der Waals surface area contributed by atoms with Crippen LogP contribution in [0.4, 0.5) is 5.82 Å². The zero-order valence-electron chi connectivity index (χ0n) is 12.4. The molecule has 2 aromatic heterocycles. The van der Waals surface area contributed by atoms with Crippen molar-refractivity contribution < 1.29 is 12.8 Å². The second kappa shape index (κ2) is 5.82. The number of sulfonamides is 1. The molecule has 1 unspecified atom stereocenters. The molecule has 0 aromatic carbocycles. The molecule has 21 heavy (non-hydrogen) atoms. The van der Waals surface area contributed by atoms with Crippen molar-refractivity contribution in [1.29, 1.82) is 0 Å². The van der Waals surface area contributed by atoms with Crippen LogP contribution in [0.15, 0.2) is 33.8 Å². The summed E-state index contributed by atoms with van der Waals surface area (Å²) < 4.78 is 30.4. The summed E-state index contributed by atoms with van der Waals surface area (Å²) in [7, 11) is -0.497. The highest BCUT2D eigenvalue weighted by Gasteiger charge is 2.18. The van der Waals surface area contributed by atoms with Gasteiger partial charge in [0.2, 0.25) is 15.9 Å². The maximum atomic E-state index is 11.9. The van der Waals surface area contributed by atoms with Gasteiger partial charge in [-0.3, -0.25) is 0 Å². The first-order valence-corrected chi connectivity index (χ1v) is 7.82. The van der Waals surface area contributed by atoms with Gasteiger partial charge in [0.15, 0.2) is 0 Å². The molecular formula is C13H18N4O3S. The van der Waals surface area contributed by atoms with Crippen LogP contribution in [0, 0.1) is 6.92 Å². The number of hydrogen-bond acceptors (Lipinski definition) is 6. The van der Waals surface area contributed by atoms with E-state index in [4.69, 9.17) is 4.42 Å². The molecule has 0 saturated carbocycles. The maximum absolute atomic E-state index is 11.9. The third-order valence-electron chi connectivity index (χ3n) is 2.89. The van der Waals surface area contributed by atoms with E-state index in [1.807, 2.05) is 13.8 Å². The third kappa shape index (κ3) is 3.40. The van der Waals surface area contributed by atoms with Crippen molar-refractivity contribution in [3.05, 3.63) is 36.2 Å². The fraction of sp³-hybridized carbons (Fsp3) is 0.385. The fourth-order valence-corrected chi connectivity index (χ4v) is 2.53. The van der Waals surface area contributed by atoms with E-state index in [9.17, 15) is 8.42 Å². The van der Waals surface area contributed by atoms with Crippen molar-refractivity contribution in [2.45, 2.75) is 24.8 Å². The number of aromatic nitrogens is 2. The lowest BCUT2D eigenvalue weighted by molar-refractivity contribution is 0.453. The average Bonchev–Trinajstić information content (AvgIpc) is 2.86. The van der Waals surface area contributed by atoms with Crippen LogP contribution in [0.5, 0.6) is 0 Å². The number of rotatable bonds is 5. The molecule has 2 heterocycles. The van der Waals surface area contributed by atoms with E-state index < -0.39 is 10.0 Å². The second-order valence-electron chi connectivity index (χ2n) is 4.84. The first kappa shape index (κ1) is 15.5. The molecule has 2 rings (SSSR count). The van der Waals surface area contributed by atoms with Crippen LogP contribution < -0.4 is 5.32 Å². The molecule has 0 aliphatic heterocycles. The Balaban J connectivity index is 2.13. The Labute approximate surface area is 124 Å². The van der Waals surface area contributed by atoms with Crippen LogP contribution in [0.3, 0.4) is 0 Å². The van der Waals surface area contributed by atoms with Crippen LogP contribution in [-0.2, 0) is 10.0 Å². The van der Waals surface area contributed by atoms with Gasteiger partial charge in [0.05, 0.1) is 6.20 Å². The van der Waals surface area contributed by atoms with Crippen molar-refractivity contribution in [3.63, 3.8) is 0 Å². The summed E-state index contributed by atoms with van der Waals surface area (Å²) in [5.74, 6) is 1.84. The topological polar surface area (TPSA) is 88.3 Å². The van der Waals surface area contributed by atoms with Gasteiger partial charge in [0, 0.05) is 20.3 Å². The molecule has 8 heteroatoms. The van der Waals surface area contributed by atoms with Gasteiger partial charge in [-0.2, -0.15) is 0 Å². The molecule has 1 atom stereocenters. The number of aryl methyl sites for hydroxylation is 1. The molecule has 114 valence electrons. The molecule has 0 aliphatic rings. The van der Waals surface area contributed by atoms with Crippen molar-refractivity contribution >= 4 is 15.8 Å². The Morgan fingerprint density at radius 1 is 1.24 bits per heavy atom. The second-order valence-corrected chi connectivity index (χ2v) is 6.99. The van der Waals surface area contributed by atoms with Gasteiger partial charge in [-0.25, -0.2) is 22.7 Å². The molecule has 0 bridgehead atoms. The van der Waals surface area contributed by atoms with E-state index in [-0.39, 0.29) is 10.9 Å². The van der Waals surface area contributed by atoms with Crippen LogP contribution in [0.25, 0.3) is 0 Å². The number of nitrogens with one attached hydrogen (secondary N) is 1. The summed E-state index contributed by atoms with van der Waals surface area (Å²) >= 11 is 0. The van der Waals surface area contributed by atoms with Crippen LogP contribution in [0.1, 0.15) is 24.6 Å². The summed E-state index contributed by atoms with van der Waals surface area (Å²) in [5.41, 5.74) is 0. The van der Waals surface area contributed by atoms with E-state index >= 15 is 0 Å². The number of nitrogens with zero attached hydrogens (tertiary/aromatic N) is 3. The van der Waals surface area contributed by atoms with E-state index in [0.29, 0.717) is 11.7 Å². The molecule has 2 aromatic rings. The van der Waals surface area contributed by atoms with Gasteiger partial charge in [-0.05, 0) is 26.0 Å². The van der Waals surface area contributed by atoms with Crippen LogP contribution in [-0.4, -0.2) is 36.8 Å². The predicted molar refractivity (Wildman–Crippen MR) is 78.4 cm³/mol. The van der Waals surface area contributed by atoms with Gasteiger partial charge >= 0.3 is 0 Å². The van der Waals surface area contributed by atoms with Gasteiger partial charge < -0.3 is 9.73 Å². The SMILES string of the molecule is Cc1cnc(C(C)Nc2ccc(S(=O)(=O)N(C)C)cn2)o1. The zero-order chi connectivity index (χ0) is 15.6. The smallest absolute Gasteiger partial charge is 0.244 e. The van der Waals surface area contributed by atoms with Gasteiger partial charge in [-0.15, -0.1) is 0 Å². The van der Waals surface area contributed by atoms with E-state index in [1.54, 1.807) is 12.3 Å². The lowest BCUT2D eigenvalue weighted by atomic mass is 10.3. The summed E-state index contributed by atoms with van der Waals surface area (Å²) in [5, 5.41) is 3.10. The van der Waals surface area contributed by atoms with E-state index in [0.717, 1.165) is 10.1 Å². The van der Waals surface area contributed by atoms with Crippen molar-refractivity contribution in [3.8, 4) is 0 Å². The summed E-state index contributed by atoms with van der Waals surface area (Å²) in [6, 6.07) is 2.96. The summed E-state index contributed by atoms with van der Waals surface area (Å²) in [4.78, 5) is 8.40. The van der Waals surface area contributed by atoms with Crippen molar-refractivity contribution in [2.24, 2.45) is 0 Å². The van der Waals surface area contributed by atoms with E-state index in [1.165, 1.54) is 26.4 Å². The van der Waals surface area contributed by atoms with E-state index in [2.05, 4.69) is 15.3 Å². The van der Waals surface area contributed by atoms with Gasteiger partial charge in [0.1, 0.15) is 22.5 Å². The molecule has 0 saturated heterocycles. The first-order valence-electron chi connectivity index (χ1n) is 6.38. The fourth-order valence-electron chi connectivity index (χ4n) is 1.69. The maximum Gasteiger partial charge on any atom is 0.244 e. The molecule has 1 N–H and O–H groups in total. The lowest BCUT2D eigenvalue weighted by Gasteiger charge is -2.13. The normalized spacial score (nSPS) is 13.4. The van der Waals surface area contributed by atoms with Crippen molar-refractivity contribution in [1.82, 2.24) is 14.3 Å². The monoisotopic (exact) mass is 310 g/mol. The average molecular weight is 310 g/mol. The highest BCUT2D eigenvalue weighted by molar-refractivity contribution is 7.89. The highest BCUT2D eigenvalue weighted by atomic mass is 32.2. The predicted octanol–water partition coefficient (Wildman–Crippen LogP) is 1.80. The Hall–Kier alpha value is -1.93.